The molecule has 1 aliphatic rings. The fraction of sp³-hybridized carbons (Fsp3) is 0.435. The van der Waals surface area contributed by atoms with E-state index in [1.54, 1.807) is 7.11 Å². The Bertz CT molecular complexity index is 789. The molecule has 1 heterocycles. The first kappa shape index (κ1) is 21.5. The number of methoxy groups -OCH3 is 1. The van der Waals surface area contributed by atoms with Crippen molar-refractivity contribution in [2.45, 2.75) is 31.7 Å². The van der Waals surface area contributed by atoms with Crippen LogP contribution < -0.4 is 9.64 Å². The topological polar surface area (TPSA) is 53.0 Å². The lowest BCUT2D eigenvalue weighted by molar-refractivity contribution is -0.139. The van der Waals surface area contributed by atoms with E-state index in [2.05, 4.69) is 21.9 Å². The van der Waals surface area contributed by atoms with Crippen LogP contribution in [0.2, 0.25) is 5.02 Å². The van der Waals surface area contributed by atoms with Crippen molar-refractivity contribution in [2.75, 3.05) is 38.2 Å². The summed E-state index contributed by atoms with van der Waals surface area (Å²) in [5.41, 5.74) is 2.40. The molecule has 0 aliphatic carbocycles. The monoisotopic (exact) mass is 416 g/mol. The van der Waals surface area contributed by atoms with Crippen LogP contribution in [0.5, 0.6) is 5.75 Å². The molecule has 1 N–H and O–H groups in total. The van der Waals surface area contributed by atoms with Crippen LogP contribution in [0.15, 0.2) is 48.5 Å². The Morgan fingerprint density at radius 2 is 1.93 bits per heavy atom. The lowest BCUT2D eigenvalue weighted by Crippen LogP contribution is -2.47. The van der Waals surface area contributed by atoms with Crippen LogP contribution in [0.1, 0.15) is 24.8 Å². The molecular formula is C23H29ClN2O3. The van der Waals surface area contributed by atoms with Crippen LogP contribution in [0.25, 0.3) is 0 Å². The molecule has 156 valence electrons. The van der Waals surface area contributed by atoms with E-state index in [1.807, 2.05) is 36.4 Å². The van der Waals surface area contributed by atoms with Gasteiger partial charge < -0.3 is 14.7 Å². The summed E-state index contributed by atoms with van der Waals surface area (Å²) in [4.78, 5) is 15.9. The highest BCUT2D eigenvalue weighted by Gasteiger charge is 2.26. The SMILES string of the molecule is COc1cccc(N2CCC(N(CCCc3ccc(Cl)cc3)CC(=O)O)CC2)c1. The number of ether oxygens (including phenoxy) is 1. The van der Waals surface area contributed by atoms with Crippen molar-refractivity contribution in [1.29, 1.82) is 0 Å². The number of carboxylic acids is 1. The molecule has 2 aromatic carbocycles. The third-order valence-electron chi connectivity index (χ3n) is 5.56. The first-order chi connectivity index (χ1) is 14.0. The number of benzene rings is 2. The number of aliphatic carboxylic acids is 1. The summed E-state index contributed by atoms with van der Waals surface area (Å²) in [5, 5.41) is 10.1. The molecule has 0 radical (unpaired) electrons. The van der Waals surface area contributed by atoms with E-state index < -0.39 is 5.97 Å². The Morgan fingerprint density at radius 3 is 2.59 bits per heavy atom. The van der Waals surface area contributed by atoms with E-state index in [0.29, 0.717) is 6.04 Å². The maximum atomic E-state index is 11.4. The Balaban J connectivity index is 1.53. The Labute approximate surface area is 177 Å². The van der Waals surface area contributed by atoms with Crippen molar-refractivity contribution < 1.29 is 14.6 Å². The number of rotatable bonds is 9. The maximum absolute atomic E-state index is 11.4. The number of hydrogen-bond acceptors (Lipinski definition) is 4. The van der Waals surface area contributed by atoms with Gasteiger partial charge in [-0.2, -0.15) is 0 Å². The summed E-state index contributed by atoms with van der Waals surface area (Å²) in [6.45, 7) is 2.74. The molecule has 6 heteroatoms. The molecule has 0 atom stereocenters. The minimum Gasteiger partial charge on any atom is -0.497 e. The number of piperidine rings is 1. The number of carbonyl (C=O) groups is 1. The van der Waals surface area contributed by atoms with Crippen molar-refractivity contribution in [1.82, 2.24) is 4.90 Å². The molecule has 0 aromatic heterocycles. The highest BCUT2D eigenvalue weighted by Crippen LogP contribution is 2.26. The summed E-state index contributed by atoms with van der Waals surface area (Å²) in [6, 6.07) is 16.3. The summed E-state index contributed by atoms with van der Waals surface area (Å²) in [6.07, 6.45) is 3.79. The first-order valence-electron chi connectivity index (χ1n) is 10.1. The zero-order valence-electron chi connectivity index (χ0n) is 16.9. The number of carboxylic acid groups (broad SMARTS) is 1. The second kappa shape index (κ2) is 10.5. The number of nitrogens with zero attached hydrogens (tertiary/aromatic N) is 2. The fourth-order valence-corrected chi connectivity index (χ4v) is 4.12. The van der Waals surface area contributed by atoms with Gasteiger partial charge in [0.1, 0.15) is 5.75 Å². The number of anilines is 1. The van der Waals surface area contributed by atoms with Crippen LogP contribution >= 0.6 is 11.6 Å². The molecule has 1 saturated heterocycles. The summed E-state index contributed by atoms with van der Waals surface area (Å²) in [5.74, 6) is 0.103. The Morgan fingerprint density at radius 1 is 1.21 bits per heavy atom. The van der Waals surface area contributed by atoms with E-state index in [0.717, 1.165) is 61.8 Å². The third kappa shape index (κ3) is 6.38. The highest BCUT2D eigenvalue weighted by atomic mass is 35.5. The maximum Gasteiger partial charge on any atom is 0.317 e. The average Bonchev–Trinajstić information content (AvgIpc) is 2.74. The standard InChI is InChI=1S/C23H29ClN2O3/c1-29-22-6-2-5-21(16-22)25-14-11-20(12-15-25)26(17-23(27)28)13-3-4-18-7-9-19(24)10-8-18/h2,5-10,16,20H,3-4,11-15,17H2,1H3,(H,27,28). The minimum atomic E-state index is -0.758. The van der Waals surface area contributed by atoms with E-state index in [9.17, 15) is 9.90 Å². The van der Waals surface area contributed by atoms with Gasteiger partial charge in [-0.1, -0.05) is 29.8 Å². The first-order valence-corrected chi connectivity index (χ1v) is 10.5. The summed E-state index contributed by atoms with van der Waals surface area (Å²) < 4.78 is 5.33. The zero-order valence-corrected chi connectivity index (χ0v) is 17.6. The quantitative estimate of drug-likeness (QED) is 0.659. The zero-order chi connectivity index (χ0) is 20.6. The Kier molecular flexibility index (Phi) is 7.78. The van der Waals surface area contributed by atoms with Gasteiger partial charge >= 0.3 is 5.97 Å². The molecule has 3 rings (SSSR count). The van der Waals surface area contributed by atoms with Crippen LogP contribution in [-0.4, -0.2) is 55.3 Å². The highest BCUT2D eigenvalue weighted by molar-refractivity contribution is 6.30. The van der Waals surface area contributed by atoms with Crippen molar-refractivity contribution in [3.05, 3.63) is 59.1 Å². The summed E-state index contributed by atoms with van der Waals surface area (Å²) in [7, 11) is 1.68. The van der Waals surface area contributed by atoms with Gasteiger partial charge in [-0.25, -0.2) is 0 Å². The molecule has 5 nitrogen and oxygen atoms in total. The number of aryl methyl sites for hydroxylation is 1. The summed E-state index contributed by atoms with van der Waals surface area (Å²) >= 11 is 5.94. The predicted octanol–water partition coefficient (Wildman–Crippen LogP) is 4.34. The van der Waals surface area contributed by atoms with Gasteiger partial charge in [-0.05, 0) is 62.1 Å². The number of halogens is 1. The molecule has 1 aliphatic heterocycles. The molecule has 0 bridgehead atoms. The average molecular weight is 417 g/mol. The Hall–Kier alpha value is -2.24. The lowest BCUT2D eigenvalue weighted by Gasteiger charge is -2.39. The van der Waals surface area contributed by atoms with Crippen molar-refractivity contribution in [3.63, 3.8) is 0 Å². The van der Waals surface area contributed by atoms with Crippen LogP contribution in [-0.2, 0) is 11.2 Å². The van der Waals surface area contributed by atoms with E-state index in [-0.39, 0.29) is 6.54 Å². The smallest absolute Gasteiger partial charge is 0.317 e. The number of hydrogen-bond donors (Lipinski definition) is 1. The minimum absolute atomic E-state index is 0.102. The molecule has 0 spiro atoms. The predicted molar refractivity (Wildman–Crippen MR) is 117 cm³/mol. The van der Waals surface area contributed by atoms with E-state index in [4.69, 9.17) is 16.3 Å². The van der Waals surface area contributed by atoms with Crippen molar-refractivity contribution in [3.8, 4) is 5.75 Å². The molecule has 0 amide bonds. The molecule has 29 heavy (non-hydrogen) atoms. The third-order valence-corrected chi connectivity index (χ3v) is 5.81. The largest absolute Gasteiger partial charge is 0.497 e. The van der Waals surface area contributed by atoms with Crippen LogP contribution in [0.3, 0.4) is 0 Å². The van der Waals surface area contributed by atoms with Gasteiger partial charge in [0.15, 0.2) is 0 Å². The van der Waals surface area contributed by atoms with Crippen molar-refractivity contribution in [2.24, 2.45) is 0 Å². The van der Waals surface area contributed by atoms with Gasteiger partial charge in [0, 0.05) is 35.9 Å². The molecular weight excluding hydrogens is 388 g/mol. The van der Waals surface area contributed by atoms with Crippen molar-refractivity contribution >= 4 is 23.3 Å². The lowest BCUT2D eigenvalue weighted by atomic mass is 10.0. The van der Waals surface area contributed by atoms with Gasteiger partial charge in [-0.15, -0.1) is 0 Å². The van der Waals surface area contributed by atoms with Crippen LogP contribution in [0, 0.1) is 0 Å². The van der Waals surface area contributed by atoms with Gasteiger partial charge in [0.05, 0.1) is 13.7 Å². The normalized spacial score (nSPS) is 14.9. The van der Waals surface area contributed by atoms with E-state index >= 15 is 0 Å². The van der Waals surface area contributed by atoms with Gasteiger partial charge in [0.25, 0.3) is 0 Å². The van der Waals surface area contributed by atoms with E-state index in [1.165, 1.54) is 5.56 Å². The van der Waals surface area contributed by atoms with Crippen LogP contribution in [0.4, 0.5) is 5.69 Å². The molecule has 0 saturated carbocycles. The second-order valence-corrected chi connectivity index (χ2v) is 7.95. The fourth-order valence-electron chi connectivity index (χ4n) is 4.00. The van der Waals surface area contributed by atoms with Gasteiger partial charge in [-0.3, -0.25) is 9.69 Å². The second-order valence-electron chi connectivity index (χ2n) is 7.51. The van der Waals surface area contributed by atoms with Gasteiger partial charge in [0.2, 0.25) is 0 Å². The molecule has 0 unspecified atom stereocenters. The molecule has 2 aromatic rings. The molecule has 1 fully saturated rings.